The Morgan fingerprint density at radius 3 is 1.38 bits per heavy atom. The lowest BCUT2D eigenvalue weighted by molar-refractivity contribution is -0.732. The van der Waals surface area contributed by atoms with Crippen LogP contribution in [0.5, 0.6) is 0 Å². The quantitative estimate of drug-likeness (QED) is 0.375. The summed E-state index contributed by atoms with van der Waals surface area (Å²) in [7, 11) is 0. The van der Waals surface area contributed by atoms with Crippen molar-refractivity contribution in [3.63, 3.8) is 0 Å². The molecule has 2 atom stereocenters. The van der Waals surface area contributed by atoms with E-state index in [0.717, 1.165) is 0 Å². The SMILES string of the molecule is O=C(O[N+](=O)[O-])C(O)C(O)C(=O)O[N+](=O)[O-]. The van der Waals surface area contributed by atoms with E-state index in [2.05, 4.69) is 9.68 Å². The van der Waals surface area contributed by atoms with Gasteiger partial charge < -0.3 is 10.2 Å². The van der Waals surface area contributed by atoms with E-state index in [-0.39, 0.29) is 0 Å². The minimum atomic E-state index is -2.67. The van der Waals surface area contributed by atoms with Crippen molar-refractivity contribution >= 4 is 11.9 Å². The van der Waals surface area contributed by atoms with Crippen LogP contribution in [0.25, 0.3) is 0 Å². The predicted octanol–water partition coefficient (Wildman–Crippen LogP) is -2.82. The lowest BCUT2D eigenvalue weighted by Crippen LogP contribution is -2.42. The van der Waals surface area contributed by atoms with Gasteiger partial charge in [-0.15, -0.1) is 20.2 Å². The van der Waals surface area contributed by atoms with Crippen molar-refractivity contribution in [3.05, 3.63) is 20.2 Å². The molecule has 2 N–H and O–H groups in total. The first-order chi connectivity index (χ1) is 7.25. The molecule has 0 aliphatic rings. The highest BCUT2D eigenvalue weighted by Crippen LogP contribution is 2.00. The summed E-state index contributed by atoms with van der Waals surface area (Å²) < 4.78 is 0. The molecule has 0 fully saturated rings. The van der Waals surface area contributed by atoms with Crippen molar-refractivity contribution in [2.75, 3.05) is 0 Å². The Labute approximate surface area is 85.2 Å². The summed E-state index contributed by atoms with van der Waals surface area (Å²) in [5.41, 5.74) is 0. The summed E-state index contributed by atoms with van der Waals surface area (Å²) >= 11 is 0. The van der Waals surface area contributed by atoms with E-state index in [9.17, 15) is 29.8 Å². The van der Waals surface area contributed by atoms with Gasteiger partial charge in [0.25, 0.3) is 0 Å². The molecule has 12 heteroatoms. The van der Waals surface area contributed by atoms with Crippen molar-refractivity contribution in [2.24, 2.45) is 0 Å². The van der Waals surface area contributed by atoms with Crippen LogP contribution in [0.2, 0.25) is 0 Å². The van der Waals surface area contributed by atoms with E-state index >= 15 is 0 Å². The van der Waals surface area contributed by atoms with Crippen LogP contribution >= 0.6 is 0 Å². The van der Waals surface area contributed by atoms with Crippen molar-refractivity contribution < 1.29 is 39.7 Å². The van der Waals surface area contributed by atoms with E-state index in [4.69, 9.17) is 10.2 Å². The minimum Gasteiger partial charge on any atom is -0.380 e. The third-order valence-corrected chi connectivity index (χ3v) is 1.11. The summed E-state index contributed by atoms with van der Waals surface area (Å²) in [6.07, 6.45) is -5.34. The number of nitrogens with zero attached hydrogens (tertiary/aromatic N) is 2. The molecule has 12 nitrogen and oxygen atoms in total. The summed E-state index contributed by atoms with van der Waals surface area (Å²) in [6, 6.07) is 0. The van der Waals surface area contributed by atoms with Gasteiger partial charge in [0, 0.05) is 0 Å². The molecule has 0 rings (SSSR count). The van der Waals surface area contributed by atoms with E-state index < -0.39 is 34.3 Å². The zero-order valence-electron chi connectivity index (χ0n) is 7.21. The van der Waals surface area contributed by atoms with Gasteiger partial charge in [0.1, 0.15) is 0 Å². The van der Waals surface area contributed by atoms with Crippen molar-refractivity contribution in [3.8, 4) is 0 Å². The lowest BCUT2D eigenvalue weighted by Gasteiger charge is -2.11. The Morgan fingerprint density at radius 2 is 1.19 bits per heavy atom. The van der Waals surface area contributed by atoms with Gasteiger partial charge in [0.05, 0.1) is 0 Å². The second-order valence-electron chi connectivity index (χ2n) is 2.16. The average Bonchev–Trinajstić information content (AvgIpc) is 2.13. The first kappa shape index (κ1) is 13.7. The smallest absolute Gasteiger partial charge is 0.335 e. The Bertz CT molecular complexity index is 293. The molecule has 0 spiro atoms. The second-order valence-corrected chi connectivity index (χ2v) is 2.16. The topological polar surface area (TPSA) is 179 Å². The number of carbonyl (C=O) groups excluding carboxylic acids is 2. The molecule has 0 aromatic heterocycles. The Hall–Kier alpha value is -2.34. The highest BCUT2D eigenvalue weighted by atomic mass is 17.0. The second kappa shape index (κ2) is 5.52. The van der Waals surface area contributed by atoms with Gasteiger partial charge >= 0.3 is 22.1 Å². The molecule has 0 aromatic rings. The molecule has 2 unspecified atom stereocenters. The first-order valence-corrected chi connectivity index (χ1v) is 3.34. The van der Waals surface area contributed by atoms with Crippen LogP contribution in [-0.4, -0.2) is 44.5 Å². The predicted molar refractivity (Wildman–Crippen MR) is 38.2 cm³/mol. The van der Waals surface area contributed by atoms with E-state index in [1.165, 1.54) is 0 Å². The fourth-order valence-corrected chi connectivity index (χ4v) is 0.513. The van der Waals surface area contributed by atoms with Crippen LogP contribution in [0, 0.1) is 20.2 Å². The van der Waals surface area contributed by atoms with E-state index in [1.54, 1.807) is 0 Å². The van der Waals surface area contributed by atoms with Gasteiger partial charge in [-0.05, 0) is 0 Å². The molecule has 0 saturated heterocycles. The highest BCUT2D eigenvalue weighted by Gasteiger charge is 2.34. The van der Waals surface area contributed by atoms with Crippen LogP contribution in [0.3, 0.4) is 0 Å². The maximum Gasteiger partial charge on any atom is 0.335 e. The third kappa shape index (κ3) is 4.25. The van der Waals surface area contributed by atoms with Crippen molar-refractivity contribution in [1.29, 1.82) is 0 Å². The Kier molecular flexibility index (Phi) is 4.71. The van der Waals surface area contributed by atoms with Crippen molar-refractivity contribution in [1.82, 2.24) is 0 Å². The van der Waals surface area contributed by atoms with Crippen LogP contribution in [-0.2, 0) is 19.3 Å². The number of rotatable bonds is 5. The van der Waals surface area contributed by atoms with Crippen LogP contribution < -0.4 is 0 Å². The normalized spacial score (nSPS) is 13.4. The van der Waals surface area contributed by atoms with Gasteiger partial charge in [-0.3, -0.25) is 9.59 Å². The molecule has 0 radical (unpaired) electrons. The van der Waals surface area contributed by atoms with Crippen molar-refractivity contribution in [2.45, 2.75) is 12.2 Å². The van der Waals surface area contributed by atoms with Gasteiger partial charge in [-0.2, -0.15) is 0 Å². The number of carbonyl (C=O) groups is 2. The fourth-order valence-electron chi connectivity index (χ4n) is 0.513. The molecule has 0 aliphatic heterocycles. The minimum absolute atomic E-state index is 1.60. The average molecular weight is 240 g/mol. The van der Waals surface area contributed by atoms with Crippen LogP contribution in [0.15, 0.2) is 0 Å². The number of hydrogen-bond acceptors (Lipinski definition) is 10. The molecule has 0 bridgehead atoms. The van der Waals surface area contributed by atoms with E-state index in [0.29, 0.717) is 0 Å². The summed E-state index contributed by atoms with van der Waals surface area (Å²) in [5, 5.41) is 33.6. The Balaban J connectivity index is 4.42. The number of hydrogen-bond donors (Lipinski definition) is 2. The first-order valence-electron chi connectivity index (χ1n) is 3.34. The highest BCUT2D eigenvalue weighted by molar-refractivity contribution is 5.84. The van der Waals surface area contributed by atoms with E-state index in [1.807, 2.05) is 0 Å². The van der Waals surface area contributed by atoms with Crippen LogP contribution in [0.4, 0.5) is 0 Å². The van der Waals surface area contributed by atoms with Gasteiger partial charge in [0.15, 0.2) is 12.2 Å². The molecule has 0 aromatic carbocycles. The zero-order chi connectivity index (χ0) is 12.9. The summed E-state index contributed by atoms with van der Waals surface area (Å²) in [4.78, 5) is 46.7. The monoisotopic (exact) mass is 240 g/mol. The molecule has 0 heterocycles. The van der Waals surface area contributed by atoms with Crippen LogP contribution in [0.1, 0.15) is 0 Å². The molecule has 0 saturated carbocycles. The number of aliphatic hydroxyl groups excluding tert-OH is 2. The standard InChI is InChI=1S/C4H4N2O10/c7-1(3(9)15-5(11)12)2(8)4(10)16-6(13)14/h1-2,7-8H. The zero-order valence-corrected chi connectivity index (χ0v) is 7.21. The maximum absolute atomic E-state index is 10.5. The lowest BCUT2D eigenvalue weighted by atomic mass is 10.2. The fraction of sp³-hybridized carbons (Fsp3) is 0.500. The summed E-state index contributed by atoms with van der Waals surface area (Å²) in [5.74, 6) is -3.95. The molecule has 0 aliphatic carbocycles. The number of aliphatic hydroxyl groups is 2. The molecular weight excluding hydrogens is 236 g/mol. The summed E-state index contributed by atoms with van der Waals surface area (Å²) in [6.45, 7) is 0. The Morgan fingerprint density at radius 1 is 0.938 bits per heavy atom. The molecular formula is C4H4N2O10. The van der Waals surface area contributed by atoms with Gasteiger partial charge in [0.2, 0.25) is 0 Å². The molecule has 0 amide bonds. The van der Waals surface area contributed by atoms with Gasteiger partial charge in [-0.1, -0.05) is 0 Å². The molecule has 90 valence electrons. The third-order valence-electron chi connectivity index (χ3n) is 1.11. The maximum atomic E-state index is 10.5. The molecule has 16 heavy (non-hydrogen) atoms. The van der Waals surface area contributed by atoms with Gasteiger partial charge in [-0.25, -0.2) is 9.68 Å². The largest absolute Gasteiger partial charge is 0.380 e.